The highest BCUT2D eigenvalue weighted by Crippen LogP contribution is 2.36. The minimum absolute atomic E-state index is 0.0596. The first-order valence-electron chi connectivity index (χ1n) is 9.63. The Hall–Kier alpha value is -1.82. The third-order valence-electron chi connectivity index (χ3n) is 5.02. The summed E-state index contributed by atoms with van der Waals surface area (Å²) >= 11 is 12.2. The van der Waals surface area contributed by atoms with Crippen LogP contribution in [0.2, 0.25) is 10.0 Å². The van der Waals surface area contributed by atoms with Gasteiger partial charge in [-0.05, 0) is 57.1 Å². The summed E-state index contributed by atoms with van der Waals surface area (Å²) in [5.41, 5.74) is 0.233. The monoisotopic (exact) mass is 467 g/mol. The van der Waals surface area contributed by atoms with E-state index in [0.29, 0.717) is 35.7 Å². The standard InChI is InChI=1S/C21H23Cl2N3O3S/c1-15(2)25-8-3-9-26(11-10-25)30(27,28)21-12-16(14-24)4-7-19(21)29-20-13-17(22)5-6-18(20)23/h4-7,12-13,15H,3,8-11H2,1-2H3. The van der Waals surface area contributed by atoms with Gasteiger partial charge in [0.25, 0.3) is 0 Å². The van der Waals surface area contributed by atoms with E-state index in [-0.39, 0.29) is 22.0 Å². The van der Waals surface area contributed by atoms with Crippen molar-refractivity contribution in [3.8, 4) is 17.6 Å². The molecule has 30 heavy (non-hydrogen) atoms. The Balaban J connectivity index is 1.99. The zero-order chi connectivity index (χ0) is 21.9. The van der Waals surface area contributed by atoms with Gasteiger partial charge in [-0.2, -0.15) is 9.57 Å². The van der Waals surface area contributed by atoms with Gasteiger partial charge < -0.3 is 4.74 Å². The number of benzene rings is 2. The molecule has 1 aliphatic heterocycles. The van der Waals surface area contributed by atoms with Crippen molar-refractivity contribution in [2.24, 2.45) is 0 Å². The zero-order valence-electron chi connectivity index (χ0n) is 16.8. The number of nitrogens with zero attached hydrogens (tertiary/aromatic N) is 3. The Bertz CT molecular complexity index is 1070. The molecule has 0 bridgehead atoms. The van der Waals surface area contributed by atoms with E-state index < -0.39 is 10.0 Å². The lowest BCUT2D eigenvalue weighted by Crippen LogP contribution is -2.37. The Morgan fingerprint density at radius 3 is 2.50 bits per heavy atom. The number of halogens is 2. The molecule has 0 atom stereocenters. The maximum absolute atomic E-state index is 13.5. The molecule has 0 N–H and O–H groups in total. The van der Waals surface area contributed by atoms with E-state index in [0.717, 1.165) is 13.0 Å². The van der Waals surface area contributed by atoms with Crippen molar-refractivity contribution >= 4 is 33.2 Å². The summed E-state index contributed by atoms with van der Waals surface area (Å²) in [5.74, 6) is 0.343. The number of rotatable bonds is 5. The minimum Gasteiger partial charge on any atom is -0.454 e. The van der Waals surface area contributed by atoms with Crippen molar-refractivity contribution in [2.45, 2.75) is 31.2 Å². The number of hydrogen-bond donors (Lipinski definition) is 0. The lowest BCUT2D eigenvalue weighted by molar-refractivity contribution is 0.233. The highest BCUT2D eigenvalue weighted by atomic mass is 35.5. The number of sulfonamides is 1. The largest absolute Gasteiger partial charge is 0.454 e. The quantitative estimate of drug-likeness (QED) is 0.633. The normalized spacial score (nSPS) is 16.3. The van der Waals surface area contributed by atoms with Crippen molar-refractivity contribution in [2.75, 3.05) is 26.2 Å². The number of nitriles is 1. The van der Waals surface area contributed by atoms with Gasteiger partial charge in [-0.15, -0.1) is 0 Å². The SMILES string of the molecule is CC(C)N1CCCN(S(=O)(=O)c2cc(C#N)ccc2Oc2cc(Cl)ccc2Cl)CC1. The molecule has 1 fully saturated rings. The molecule has 3 rings (SSSR count). The first-order valence-corrected chi connectivity index (χ1v) is 11.8. The van der Waals surface area contributed by atoms with Crippen molar-refractivity contribution in [3.63, 3.8) is 0 Å². The second-order valence-electron chi connectivity index (χ2n) is 7.34. The van der Waals surface area contributed by atoms with E-state index in [4.69, 9.17) is 27.9 Å². The molecular weight excluding hydrogens is 445 g/mol. The average Bonchev–Trinajstić information content (AvgIpc) is 2.98. The van der Waals surface area contributed by atoms with Crippen LogP contribution in [0.25, 0.3) is 0 Å². The summed E-state index contributed by atoms with van der Waals surface area (Å²) in [7, 11) is -3.89. The highest BCUT2D eigenvalue weighted by molar-refractivity contribution is 7.89. The van der Waals surface area contributed by atoms with E-state index in [2.05, 4.69) is 18.7 Å². The molecule has 0 spiro atoms. The second kappa shape index (κ2) is 9.54. The van der Waals surface area contributed by atoms with Gasteiger partial charge in [0, 0.05) is 36.8 Å². The van der Waals surface area contributed by atoms with Gasteiger partial charge in [-0.25, -0.2) is 8.42 Å². The molecule has 1 heterocycles. The lowest BCUT2D eigenvalue weighted by Gasteiger charge is -2.25. The van der Waals surface area contributed by atoms with Crippen molar-refractivity contribution in [1.29, 1.82) is 5.26 Å². The summed E-state index contributed by atoms with van der Waals surface area (Å²) < 4.78 is 34.3. The molecule has 0 unspecified atom stereocenters. The molecule has 1 saturated heterocycles. The third kappa shape index (κ3) is 5.08. The maximum Gasteiger partial charge on any atom is 0.246 e. The van der Waals surface area contributed by atoms with Crippen LogP contribution in [0.4, 0.5) is 0 Å². The Morgan fingerprint density at radius 1 is 1.03 bits per heavy atom. The minimum atomic E-state index is -3.89. The summed E-state index contributed by atoms with van der Waals surface area (Å²) in [6.45, 7) is 6.45. The Labute approximate surface area is 187 Å². The number of hydrogen-bond acceptors (Lipinski definition) is 5. The van der Waals surface area contributed by atoms with Gasteiger partial charge in [0.2, 0.25) is 10.0 Å². The predicted molar refractivity (Wildman–Crippen MR) is 118 cm³/mol. The van der Waals surface area contributed by atoms with Crippen molar-refractivity contribution in [1.82, 2.24) is 9.21 Å². The number of ether oxygens (including phenoxy) is 1. The summed E-state index contributed by atoms with van der Waals surface area (Å²) in [6, 6.07) is 11.4. The molecule has 0 saturated carbocycles. The molecule has 2 aromatic carbocycles. The van der Waals surface area contributed by atoms with E-state index >= 15 is 0 Å². The molecule has 2 aromatic rings. The van der Waals surface area contributed by atoms with Crippen LogP contribution in [-0.4, -0.2) is 49.8 Å². The first kappa shape index (κ1) is 22.9. The van der Waals surface area contributed by atoms with Crippen LogP contribution in [0.15, 0.2) is 41.3 Å². The Kier molecular flexibility index (Phi) is 7.27. The Morgan fingerprint density at radius 2 is 1.80 bits per heavy atom. The first-order chi connectivity index (χ1) is 14.2. The fourth-order valence-electron chi connectivity index (χ4n) is 3.35. The maximum atomic E-state index is 13.5. The molecule has 0 aliphatic carbocycles. The average molecular weight is 468 g/mol. The van der Waals surface area contributed by atoms with Gasteiger partial charge in [0.05, 0.1) is 16.7 Å². The van der Waals surface area contributed by atoms with Gasteiger partial charge in [0.15, 0.2) is 0 Å². The summed E-state index contributed by atoms with van der Waals surface area (Å²) in [5, 5.41) is 10.0. The molecule has 0 aromatic heterocycles. The van der Waals surface area contributed by atoms with Crippen LogP contribution in [-0.2, 0) is 10.0 Å². The summed E-state index contributed by atoms with van der Waals surface area (Å²) in [6.07, 6.45) is 0.728. The highest BCUT2D eigenvalue weighted by Gasteiger charge is 2.31. The van der Waals surface area contributed by atoms with E-state index in [1.165, 1.54) is 28.6 Å². The van der Waals surface area contributed by atoms with Crippen LogP contribution in [0.5, 0.6) is 11.5 Å². The predicted octanol–water partition coefficient (Wildman–Crippen LogP) is 4.76. The molecule has 1 aliphatic rings. The van der Waals surface area contributed by atoms with Gasteiger partial charge in [0.1, 0.15) is 16.4 Å². The van der Waals surface area contributed by atoms with Crippen molar-refractivity contribution < 1.29 is 13.2 Å². The van der Waals surface area contributed by atoms with Crippen LogP contribution in [0.1, 0.15) is 25.8 Å². The molecule has 6 nitrogen and oxygen atoms in total. The smallest absolute Gasteiger partial charge is 0.246 e. The van der Waals surface area contributed by atoms with E-state index in [1.54, 1.807) is 12.1 Å². The zero-order valence-corrected chi connectivity index (χ0v) is 19.1. The second-order valence-corrected chi connectivity index (χ2v) is 10.1. The van der Waals surface area contributed by atoms with Gasteiger partial charge >= 0.3 is 0 Å². The topological polar surface area (TPSA) is 73.6 Å². The van der Waals surface area contributed by atoms with E-state index in [1.807, 2.05) is 6.07 Å². The van der Waals surface area contributed by atoms with Gasteiger partial charge in [-0.1, -0.05) is 23.2 Å². The fourth-order valence-corrected chi connectivity index (χ4v) is 5.27. The summed E-state index contributed by atoms with van der Waals surface area (Å²) in [4.78, 5) is 2.19. The fraction of sp³-hybridized carbons (Fsp3) is 0.381. The van der Waals surface area contributed by atoms with Crippen LogP contribution < -0.4 is 4.74 Å². The molecule has 0 radical (unpaired) electrons. The molecular formula is C21H23Cl2N3O3S. The molecule has 0 amide bonds. The van der Waals surface area contributed by atoms with Crippen molar-refractivity contribution in [3.05, 3.63) is 52.0 Å². The van der Waals surface area contributed by atoms with Gasteiger partial charge in [-0.3, -0.25) is 4.90 Å². The lowest BCUT2D eigenvalue weighted by atomic mass is 10.2. The third-order valence-corrected chi connectivity index (χ3v) is 7.49. The molecule has 160 valence electrons. The molecule has 9 heteroatoms. The van der Waals surface area contributed by atoms with Crippen LogP contribution in [0.3, 0.4) is 0 Å². The van der Waals surface area contributed by atoms with Crippen LogP contribution in [0, 0.1) is 11.3 Å². The van der Waals surface area contributed by atoms with Crippen LogP contribution >= 0.6 is 23.2 Å². The van der Waals surface area contributed by atoms with E-state index in [9.17, 15) is 13.7 Å².